The van der Waals surface area contributed by atoms with Crippen LogP contribution in [-0.2, 0) is 11.3 Å². The molecule has 5 heteroatoms. The van der Waals surface area contributed by atoms with Crippen molar-refractivity contribution in [2.75, 3.05) is 6.54 Å². The number of hydrogen-bond donors (Lipinski definition) is 3. The van der Waals surface area contributed by atoms with Crippen LogP contribution < -0.4 is 16.4 Å². The van der Waals surface area contributed by atoms with Gasteiger partial charge in [0.25, 0.3) is 0 Å². The monoisotopic (exact) mass is 269 g/mol. The Hall–Kier alpha value is -0.910. The Morgan fingerprint density at radius 3 is 2.72 bits per heavy atom. The van der Waals surface area contributed by atoms with E-state index in [2.05, 4.69) is 16.7 Å². The Morgan fingerprint density at radius 2 is 2.22 bits per heavy atom. The molecule has 0 radical (unpaired) electrons. The quantitative estimate of drug-likeness (QED) is 0.732. The maximum absolute atomic E-state index is 11.8. The minimum Gasteiger partial charge on any atom is -0.351 e. The standard InChI is InChI=1S/C13H23N3OS/c1-13(2,3)16-12(17)7-10(8-14)15-9-11-5-4-6-18-11/h4-6,10,15H,7-9,14H2,1-3H3,(H,16,17). The van der Waals surface area contributed by atoms with Gasteiger partial charge in [0.15, 0.2) is 0 Å². The molecule has 0 spiro atoms. The van der Waals surface area contributed by atoms with Gasteiger partial charge in [-0.3, -0.25) is 4.79 Å². The van der Waals surface area contributed by atoms with E-state index in [1.165, 1.54) is 4.88 Å². The number of amides is 1. The first kappa shape index (κ1) is 15.1. The lowest BCUT2D eigenvalue weighted by atomic mass is 10.1. The molecule has 102 valence electrons. The van der Waals surface area contributed by atoms with E-state index in [1.807, 2.05) is 32.2 Å². The number of carbonyl (C=O) groups excluding carboxylic acids is 1. The number of rotatable bonds is 6. The molecule has 0 bridgehead atoms. The first-order valence-corrected chi connectivity index (χ1v) is 7.05. The summed E-state index contributed by atoms with van der Waals surface area (Å²) in [6.07, 6.45) is 0.416. The molecule has 0 aromatic carbocycles. The molecule has 1 rings (SSSR count). The molecule has 4 nitrogen and oxygen atoms in total. The van der Waals surface area contributed by atoms with Crippen LogP contribution in [0.1, 0.15) is 32.1 Å². The summed E-state index contributed by atoms with van der Waals surface area (Å²) in [7, 11) is 0. The SMILES string of the molecule is CC(C)(C)NC(=O)CC(CN)NCc1cccs1. The van der Waals surface area contributed by atoms with Gasteiger partial charge in [0, 0.05) is 36.0 Å². The zero-order valence-corrected chi connectivity index (χ0v) is 12.1. The number of nitrogens with one attached hydrogen (secondary N) is 2. The summed E-state index contributed by atoms with van der Waals surface area (Å²) in [5, 5.41) is 8.30. The van der Waals surface area contributed by atoms with Crippen LogP contribution in [0.15, 0.2) is 17.5 Å². The molecule has 1 atom stereocenters. The summed E-state index contributed by atoms with van der Waals surface area (Å²) in [4.78, 5) is 13.0. The molecule has 0 saturated heterocycles. The highest BCUT2D eigenvalue weighted by Crippen LogP contribution is 2.08. The van der Waals surface area contributed by atoms with Crippen molar-refractivity contribution >= 4 is 17.2 Å². The molecule has 0 aliphatic carbocycles. The van der Waals surface area contributed by atoms with Crippen molar-refractivity contribution in [3.8, 4) is 0 Å². The summed E-state index contributed by atoms with van der Waals surface area (Å²) >= 11 is 1.70. The fraction of sp³-hybridized carbons (Fsp3) is 0.615. The normalized spacial score (nSPS) is 13.3. The largest absolute Gasteiger partial charge is 0.351 e. The zero-order chi connectivity index (χ0) is 13.6. The summed E-state index contributed by atoms with van der Waals surface area (Å²) in [6.45, 7) is 7.15. The topological polar surface area (TPSA) is 67.2 Å². The van der Waals surface area contributed by atoms with Crippen LogP contribution in [0.25, 0.3) is 0 Å². The van der Waals surface area contributed by atoms with E-state index in [0.717, 1.165) is 6.54 Å². The van der Waals surface area contributed by atoms with Crippen molar-refractivity contribution < 1.29 is 4.79 Å². The highest BCUT2D eigenvalue weighted by Gasteiger charge is 2.17. The molecular formula is C13H23N3OS. The maximum atomic E-state index is 11.8. The summed E-state index contributed by atoms with van der Waals surface area (Å²) < 4.78 is 0. The van der Waals surface area contributed by atoms with E-state index in [4.69, 9.17) is 5.73 Å². The van der Waals surface area contributed by atoms with Crippen molar-refractivity contribution in [2.24, 2.45) is 5.73 Å². The second-order valence-electron chi connectivity index (χ2n) is 5.40. The molecule has 0 saturated carbocycles. The van der Waals surface area contributed by atoms with Gasteiger partial charge in [-0.05, 0) is 32.2 Å². The number of nitrogens with two attached hydrogens (primary N) is 1. The first-order valence-electron chi connectivity index (χ1n) is 6.17. The summed E-state index contributed by atoms with van der Waals surface area (Å²) in [5.41, 5.74) is 5.49. The lowest BCUT2D eigenvalue weighted by Crippen LogP contribution is -2.45. The molecule has 1 amide bonds. The molecule has 18 heavy (non-hydrogen) atoms. The Labute approximate surface area is 113 Å². The van der Waals surface area contributed by atoms with E-state index in [1.54, 1.807) is 11.3 Å². The van der Waals surface area contributed by atoms with Crippen LogP contribution in [0, 0.1) is 0 Å². The van der Waals surface area contributed by atoms with E-state index in [9.17, 15) is 4.79 Å². The van der Waals surface area contributed by atoms with Crippen LogP contribution in [-0.4, -0.2) is 24.0 Å². The molecule has 1 heterocycles. The first-order chi connectivity index (χ1) is 8.40. The summed E-state index contributed by atoms with van der Waals surface area (Å²) in [6, 6.07) is 4.11. The molecule has 1 aromatic heterocycles. The predicted molar refractivity (Wildman–Crippen MR) is 76.5 cm³/mol. The smallest absolute Gasteiger partial charge is 0.222 e. The molecule has 1 aromatic rings. The Bertz CT molecular complexity index is 357. The Kier molecular flexibility index (Phi) is 5.78. The second-order valence-corrected chi connectivity index (χ2v) is 6.43. The second kappa shape index (κ2) is 6.87. The minimum atomic E-state index is -0.190. The Balaban J connectivity index is 2.35. The maximum Gasteiger partial charge on any atom is 0.222 e. The third-order valence-electron chi connectivity index (χ3n) is 2.38. The van der Waals surface area contributed by atoms with Gasteiger partial charge in [0.05, 0.1) is 0 Å². The number of carbonyl (C=O) groups is 1. The molecule has 1 unspecified atom stereocenters. The lowest BCUT2D eigenvalue weighted by molar-refractivity contribution is -0.122. The van der Waals surface area contributed by atoms with Crippen LogP contribution in [0.4, 0.5) is 0 Å². The average molecular weight is 269 g/mol. The van der Waals surface area contributed by atoms with Crippen molar-refractivity contribution in [3.63, 3.8) is 0 Å². The van der Waals surface area contributed by atoms with Crippen LogP contribution in [0.2, 0.25) is 0 Å². The fourth-order valence-electron chi connectivity index (χ4n) is 1.59. The number of thiophene rings is 1. The van der Waals surface area contributed by atoms with E-state index < -0.39 is 0 Å². The third-order valence-corrected chi connectivity index (χ3v) is 3.25. The van der Waals surface area contributed by atoms with E-state index in [-0.39, 0.29) is 17.5 Å². The van der Waals surface area contributed by atoms with Gasteiger partial charge in [-0.1, -0.05) is 6.07 Å². The van der Waals surface area contributed by atoms with Crippen molar-refractivity contribution in [1.82, 2.24) is 10.6 Å². The van der Waals surface area contributed by atoms with Crippen molar-refractivity contribution in [2.45, 2.75) is 45.3 Å². The molecule has 0 aliphatic rings. The predicted octanol–water partition coefficient (Wildman–Crippen LogP) is 1.47. The van der Waals surface area contributed by atoms with Gasteiger partial charge < -0.3 is 16.4 Å². The minimum absolute atomic E-state index is 0.0226. The van der Waals surface area contributed by atoms with Gasteiger partial charge in [-0.15, -0.1) is 11.3 Å². The number of hydrogen-bond acceptors (Lipinski definition) is 4. The van der Waals surface area contributed by atoms with Gasteiger partial charge in [0.2, 0.25) is 5.91 Å². The molecule has 4 N–H and O–H groups in total. The van der Waals surface area contributed by atoms with E-state index >= 15 is 0 Å². The molecule has 0 fully saturated rings. The van der Waals surface area contributed by atoms with Crippen molar-refractivity contribution in [3.05, 3.63) is 22.4 Å². The van der Waals surface area contributed by atoms with Gasteiger partial charge in [-0.2, -0.15) is 0 Å². The Morgan fingerprint density at radius 1 is 1.50 bits per heavy atom. The van der Waals surface area contributed by atoms with Crippen LogP contribution in [0.3, 0.4) is 0 Å². The van der Waals surface area contributed by atoms with Gasteiger partial charge >= 0.3 is 0 Å². The van der Waals surface area contributed by atoms with Crippen molar-refractivity contribution in [1.29, 1.82) is 0 Å². The van der Waals surface area contributed by atoms with E-state index in [0.29, 0.717) is 13.0 Å². The fourth-order valence-corrected chi connectivity index (χ4v) is 2.25. The van der Waals surface area contributed by atoms with Gasteiger partial charge in [0.1, 0.15) is 0 Å². The van der Waals surface area contributed by atoms with Crippen LogP contribution in [0.5, 0.6) is 0 Å². The summed E-state index contributed by atoms with van der Waals surface area (Å²) in [5.74, 6) is 0.0385. The lowest BCUT2D eigenvalue weighted by Gasteiger charge is -2.23. The average Bonchev–Trinajstić information content (AvgIpc) is 2.74. The highest BCUT2D eigenvalue weighted by molar-refractivity contribution is 7.09. The zero-order valence-electron chi connectivity index (χ0n) is 11.3. The molecule has 0 aliphatic heterocycles. The third kappa shape index (κ3) is 6.14. The molecular weight excluding hydrogens is 246 g/mol. The van der Waals surface area contributed by atoms with Crippen LogP contribution >= 0.6 is 11.3 Å². The highest BCUT2D eigenvalue weighted by atomic mass is 32.1. The van der Waals surface area contributed by atoms with Gasteiger partial charge in [-0.25, -0.2) is 0 Å².